The molecule has 0 radical (unpaired) electrons. The van der Waals surface area contributed by atoms with E-state index in [9.17, 15) is 5.11 Å². The van der Waals surface area contributed by atoms with Crippen molar-refractivity contribution in [2.75, 3.05) is 23.7 Å². The minimum absolute atomic E-state index is 0.633. The summed E-state index contributed by atoms with van der Waals surface area (Å²) in [6.45, 7) is 5.23. The molecule has 0 fully saturated rings. The second-order valence-electron chi connectivity index (χ2n) is 4.84. The summed E-state index contributed by atoms with van der Waals surface area (Å²) in [5.74, 6) is 0. The number of aliphatic hydroxyl groups is 1. The molecule has 15 heavy (non-hydrogen) atoms. The number of nitrogens with zero attached hydrogens (tertiary/aromatic N) is 1. The van der Waals surface area contributed by atoms with E-state index >= 15 is 0 Å². The molecule has 0 saturated carbocycles. The number of β-amino-alcohol motifs (C(OH)–C–C–N with tert-alkyl or cyclic N) is 1. The minimum Gasteiger partial charge on any atom is -0.397 e. The van der Waals surface area contributed by atoms with Gasteiger partial charge in [0.1, 0.15) is 0 Å². The maximum atomic E-state index is 9.81. The molecule has 0 spiro atoms. The van der Waals surface area contributed by atoms with Crippen LogP contribution in [0.5, 0.6) is 0 Å². The molecule has 0 bridgehead atoms. The molecule has 0 unspecified atom stereocenters. The fourth-order valence-electron chi connectivity index (χ4n) is 2.19. The number of hydrogen-bond donors (Lipinski definition) is 2. The highest BCUT2D eigenvalue weighted by Crippen LogP contribution is 2.34. The molecule has 1 heterocycles. The second-order valence-corrected chi connectivity index (χ2v) is 4.84. The van der Waals surface area contributed by atoms with E-state index in [0.717, 1.165) is 24.3 Å². The van der Waals surface area contributed by atoms with Gasteiger partial charge in [0.15, 0.2) is 0 Å². The Balaban J connectivity index is 2.28. The van der Waals surface area contributed by atoms with Crippen molar-refractivity contribution >= 4 is 11.4 Å². The van der Waals surface area contributed by atoms with E-state index in [1.165, 1.54) is 5.56 Å². The largest absolute Gasteiger partial charge is 0.397 e. The molecule has 0 atom stereocenters. The fourth-order valence-corrected chi connectivity index (χ4v) is 2.19. The fraction of sp³-hybridized carbons (Fsp3) is 0.500. The van der Waals surface area contributed by atoms with E-state index in [1.807, 2.05) is 26.0 Å². The van der Waals surface area contributed by atoms with Gasteiger partial charge in [0.05, 0.1) is 17.0 Å². The van der Waals surface area contributed by atoms with E-state index in [0.29, 0.717) is 6.54 Å². The first-order chi connectivity index (χ1) is 6.97. The zero-order valence-corrected chi connectivity index (χ0v) is 9.33. The molecular weight excluding hydrogens is 188 g/mol. The van der Waals surface area contributed by atoms with Crippen LogP contribution in [0.15, 0.2) is 18.2 Å². The lowest BCUT2D eigenvalue weighted by atomic mass is 10.1. The van der Waals surface area contributed by atoms with Gasteiger partial charge >= 0.3 is 0 Å². The number of nitrogen functional groups attached to an aromatic ring is 1. The first-order valence-corrected chi connectivity index (χ1v) is 5.32. The van der Waals surface area contributed by atoms with Gasteiger partial charge in [-0.1, -0.05) is 12.1 Å². The molecule has 1 aliphatic heterocycles. The third-order valence-electron chi connectivity index (χ3n) is 2.70. The van der Waals surface area contributed by atoms with Gasteiger partial charge in [-0.3, -0.25) is 0 Å². The maximum absolute atomic E-state index is 9.81. The SMILES string of the molecule is CC(C)(O)CN1CCc2cccc(N)c21. The first kappa shape index (κ1) is 10.3. The van der Waals surface area contributed by atoms with Crippen LogP contribution in [0, 0.1) is 0 Å². The van der Waals surface area contributed by atoms with Crippen LogP contribution in [-0.2, 0) is 6.42 Å². The van der Waals surface area contributed by atoms with Crippen LogP contribution in [0.1, 0.15) is 19.4 Å². The Labute approximate surface area is 90.5 Å². The predicted molar refractivity (Wildman–Crippen MR) is 63.1 cm³/mol. The average molecular weight is 206 g/mol. The summed E-state index contributed by atoms with van der Waals surface area (Å²) in [4.78, 5) is 2.17. The third-order valence-corrected chi connectivity index (χ3v) is 2.70. The number of para-hydroxylation sites is 1. The molecule has 1 aromatic carbocycles. The van der Waals surface area contributed by atoms with Gasteiger partial charge in [0, 0.05) is 13.1 Å². The Morgan fingerprint density at radius 2 is 2.20 bits per heavy atom. The van der Waals surface area contributed by atoms with E-state index in [1.54, 1.807) is 0 Å². The van der Waals surface area contributed by atoms with Gasteiger partial charge in [0.2, 0.25) is 0 Å². The standard InChI is InChI=1S/C12H18N2O/c1-12(2,15)8-14-7-6-9-4-3-5-10(13)11(9)14/h3-5,15H,6-8,13H2,1-2H3. The molecule has 82 valence electrons. The van der Waals surface area contributed by atoms with Gasteiger partial charge in [-0.15, -0.1) is 0 Å². The van der Waals surface area contributed by atoms with E-state index in [2.05, 4.69) is 11.0 Å². The van der Waals surface area contributed by atoms with Gasteiger partial charge in [0.25, 0.3) is 0 Å². The lowest BCUT2D eigenvalue weighted by Gasteiger charge is -2.28. The van der Waals surface area contributed by atoms with Crippen molar-refractivity contribution in [2.45, 2.75) is 25.9 Å². The van der Waals surface area contributed by atoms with Crippen molar-refractivity contribution in [3.05, 3.63) is 23.8 Å². The smallest absolute Gasteiger partial charge is 0.0765 e. The topological polar surface area (TPSA) is 49.5 Å². The van der Waals surface area contributed by atoms with E-state index in [4.69, 9.17) is 5.73 Å². The summed E-state index contributed by atoms with van der Waals surface area (Å²) in [5.41, 5.74) is 8.50. The van der Waals surface area contributed by atoms with Crippen molar-refractivity contribution in [3.8, 4) is 0 Å². The number of benzene rings is 1. The van der Waals surface area contributed by atoms with Crippen LogP contribution in [0.3, 0.4) is 0 Å². The number of nitrogens with two attached hydrogens (primary N) is 1. The third kappa shape index (κ3) is 2.07. The molecule has 0 amide bonds. The predicted octanol–water partition coefficient (Wildman–Crippen LogP) is 1.40. The Kier molecular flexibility index (Phi) is 2.35. The molecule has 3 N–H and O–H groups in total. The first-order valence-electron chi connectivity index (χ1n) is 5.32. The van der Waals surface area contributed by atoms with Crippen LogP contribution < -0.4 is 10.6 Å². The summed E-state index contributed by atoms with van der Waals surface area (Å²) in [7, 11) is 0. The molecule has 2 rings (SSSR count). The van der Waals surface area contributed by atoms with Crippen LogP contribution >= 0.6 is 0 Å². The number of fused-ring (bicyclic) bond motifs is 1. The van der Waals surface area contributed by atoms with Crippen LogP contribution in [0.2, 0.25) is 0 Å². The molecule has 0 saturated heterocycles. The monoisotopic (exact) mass is 206 g/mol. The molecule has 3 heteroatoms. The van der Waals surface area contributed by atoms with Gasteiger partial charge in [-0.05, 0) is 31.9 Å². The summed E-state index contributed by atoms with van der Waals surface area (Å²) in [6, 6.07) is 6.01. The molecule has 1 aliphatic rings. The van der Waals surface area contributed by atoms with Crippen LogP contribution in [0.25, 0.3) is 0 Å². The summed E-state index contributed by atoms with van der Waals surface area (Å²) in [6.07, 6.45) is 1.02. The molecule has 0 aromatic heterocycles. The Morgan fingerprint density at radius 3 is 2.87 bits per heavy atom. The minimum atomic E-state index is -0.677. The van der Waals surface area contributed by atoms with Crippen molar-refractivity contribution < 1.29 is 5.11 Å². The summed E-state index contributed by atoms with van der Waals surface area (Å²) >= 11 is 0. The van der Waals surface area contributed by atoms with Crippen molar-refractivity contribution in [2.24, 2.45) is 0 Å². The molecule has 3 nitrogen and oxygen atoms in total. The maximum Gasteiger partial charge on any atom is 0.0765 e. The van der Waals surface area contributed by atoms with Gasteiger partial charge in [-0.2, -0.15) is 0 Å². The molecule has 0 aliphatic carbocycles. The van der Waals surface area contributed by atoms with Gasteiger partial charge < -0.3 is 15.7 Å². The Bertz CT molecular complexity index is 368. The van der Waals surface area contributed by atoms with Crippen molar-refractivity contribution in [1.82, 2.24) is 0 Å². The summed E-state index contributed by atoms with van der Waals surface area (Å²) in [5, 5.41) is 9.81. The zero-order valence-electron chi connectivity index (χ0n) is 9.33. The normalized spacial score (nSPS) is 15.5. The van der Waals surface area contributed by atoms with Crippen LogP contribution in [0.4, 0.5) is 11.4 Å². The number of hydrogen-bond acceptors (Lipinski definition) is 3. The molecular formula is C12H18N2O. The summed E-state index contributed by atoms with van der Waals surface area (Å²) < 4.78 is 0. The number of anilines is 2. The highest BCUT2D eigenvalue weighted by molar-refractivity contribution is 5.74. The quantitative estimate of drug-likeness (QED) is 0.719. The molecule has 1 aromatic rings. The van der Waals surface area contributed by atoms with E-state index in [-0.39, 0.29) is 0 Å². The lowest BCUT2D eigenvalue weighted by Crippen LogP contribution is -2.37. The number of rotatable bonds is 2. The highest BCUT2D eigenvalue weighted by Gasteiger charge is 2.25. The zero-order chi connectivity index (χ0) is 11.1. The van der Waals surface area contributed by atoms with Crippen molar-refractivity contribution in [1.29, 1.82) is 0 Å². The second kappa shape index (κ2) is 3.42. The van der Waals surface area contributed by atoms with Gasteiger partial charge in [-0.25, -0.2) is 0 Å². The van der Waals surface area contributed by atoms with E-state index < -0.39 is 5.60 Å². The van der Waals surface area contributed by atoms with Crippen molar-refractivity contribution in [3.63, 3.8) is 0 Å². The average Bonchev–Trinajstić information content (AvgIpc) is 2.47. The van der Waals surface area contributed by atoms with Crippen LogP contribution in [-0.4, -0.2) is 23.8 Å². The Hall–Kier alpha value is -1.22. The highest BCUT2D eigenvalue weighted by atomic mass is 16.3. The lowest BCUT2D eigenvalue weighted by molar-refractivity contribution is 0.0878. The Morgan fingerprint density at radius 1 is 1.47 bits per heavy atom.